The molecule has 0 aliphatic heterocycles. The summed E-state index contributed by atoms with van der Waals surface area (Å²) in [6.07, 6.45) is 3.70. The van der Waals surface area contributed by atoms with Crippen LogP contribution in [-0.4, -0.2) is 15.3 Å². The van der Waals surface area contributed by atoms with Crippen molar-refractivity contribution in [2.75, 3.05) is 5.75 Å². The van der Waals surface area contributed by atoms with E-state index in [1.165, 1.54) is 22.9 Å². The van der Waals surface area contributed by atoms with E-state index in [2.05, 4.69) is 37.0 Å². The van der Waals surface area contributed by atoms with Gasteiger partial charge >= 0.3 is 0 Å². The van der Waals surface area contributed by atoms with Crippen molar-refractivity contribution < 1.29 is 0 Å². The van der Waals surface area contributed by atoms with Crippen LogP contribution in [0.3, 0.4) is 0 Å². The van der Waals surface area contributed by atoms with Crippen molar-refractivity contribution in [1.29, 1.82) is 5.26 Å². The molecule has 0 atom stereocenters. The number of nitriles is 1. The number of aromatic nitrogens is 2. The van der Waals surface area contributed by atoms with E-state index in [4.69, 9.17) is 5.26 Å². The van der Waals surface area contributed by atoms with Crippen molar-refractivity contribution in [2.24, 2.45) is 0 Å². The van der Waals surface area contributed by atoms with E-state index in [0.29, 0.717) is 5.75 Å². The molecule has 17 heavy (non-hydrogen) atoms. The number of nitrogens with zero attached hydrogens (tertiary/aromatic N) is 3. The average Bonchev–Trinajstić information content (AvgIpc) is 2.78. The largest absolute Gasteiger partial charge is 0.295 e. The molecule has 2 rings (SSSR count). The minimum atomic E-state index is 0.419. The van der Waals surface area contributed by atoms with Gasteiger partial charge in [-0.3, -0.25) is 4.57 Å². The van der Waals surface area contributed by atoms with Crippen LogP contribution in [0.25, 0.3) is 5.69 Å². The van der Waals surface area contributed by atoms with E-state index in [0.717, 1.165) is 10.8 Å². The van der Waals surface area contributed by atoms with E-state index in [1.807, 2.05) is 16.8 Å². The number of hydrogen-bond donors (Lipinski definition) is 0. The number of hydrogen-bond acceptors (Lipinski definition) is 3. The summed E-state index contributed by atoms with van der Waals surface area (Å²) in [5.74, 6) is 0.419. The molecule has 0 N–H and O–H groups in total. The highest BCUT2D eigenvalue weighted by molar-refractivity contribution is 7.99. The standard InChI is InChI=1S/C13H13N3S/c1-10-4-3-5-12(11(10)2)16-8-7-15-13(16)17-9-6-14/h3-5,7-8H,9H2,1-2H3. The van der Waals surface area contributed by atoms with E-state index >= 15 is 0 Å². The van der Waals surface area contributed by atoms with Crippen LogP contribution in [0.1, 0.15) is 11.1 Å². The summed E-state index contributed by atoms with van der Waals surface area (Å²) in [6.45, 7) is 4.20. The highest BCUT2D eigenvalue weighted by Gasteiger charge is 2.08. The quantitative estimate of drug-likeness (QED) is 0.778. The van der Waals surface area contributed by atoms with Gasteiger partial charge in [0.1, 0.15) is 0 Å². The van der Waals surface area contributed by atoms with Crippen molar-refractivity contribution in [3.05, 3.63) is 41.7 Å². The molecule has 0 saturated carbocycles. The normalized spacial score (nSPS) is 10.2. The van der Waals surface area contributed by atoms with Crippen LogP contribution in [0.2, 0.25) is 0 Å². The second-order valence-electron chi connectivity index (χ2n) is 3.75. The molecule has 2 aromatic rings. The maximum absolute atomic E-state index is 8.62. The van der Waals surface area contributed by atoms with Gasteiger partial charge < -0.3 is 0 Å². The lowest BCUT2D eigenvalue weighted by Crippen LogP contribution is -1.99. The first kappa shape index (κ1) is 11.7. The Morgan fingerprint density at radius 3 is 3.00 bits per heavy atom. The molecule has 1 aromatic carbocycles. The molecule has 1 aromatic heterocycles. The third kappa shape index (κ3) is 2.34. The van der Waals surface area contributed by atoms with E-state index in [9.17, 15) is 0 Å². The van der Waals surface area contributed by atoms with Gasteiger partial charge in [-0.05, 0) is 31.0 Å². The molecule has 0 aliphatic rings. The molecule has 4 heteroatoms. The Morgan fingerprint density at radius 1 is 1.41 bits per heavy atom. The first-order chi connectivity index (χ1) is 8.24. The molecule has 0 amide bonds. The van der Waals surface area contributed by atoms with Crippen LogP contribution in [-0.2, 0) is 0 Å². The van der Waals surface area contributed by atoms with Gasteiger partial charge in [0.2, 0.25) is 0 Å². The average molecular weight is 243 g/mol. The third-order valence-electron chi connectivity index (χ3n) is 2.71. The summed E-state index contributed by atoms with van der Waals surface area (Å²) in [6, 6.07) is 8.32. The first-order valence-electron chi connectivity index (χ1n) is 5.33. The predicted molar refractivity (Wildman–Crippen MR) is 69.4 cm³/mol. The van der Waals surface area contributed by atoms with Crippen LogP contribution < -0.4 is 0 Å². The number of benzene rings is 1. The molecule has 3 nitrogen and oxygen atoms in total. The monoisotopic (exact) mass is 243 g/mol. The highest BCUT2D eigenvalue weighted by Crippen LogP contribution is 2.23. The Kier molecular flexibility index (Phi) is 3.50. The first-order valence-corrected chi connectivity index (χ1v) is 6.32. The third-order valence-corrected chi connectivity index (χ3v) is 3.54. The van der Waals surface area contributed by atoms with Crippen molar-refractivity contribution in [2.45, 2.75) is 19.0 Å². The Balaban J connectivity index is 2.43. The fourth-order valence-electron chi connectivity index (χ4n) is 1.67. The fraction of sp³-hybridized carbons (Fsp3) is 0.231. The van der Waals surface area contributed by atoms with Crippen molar-refractivity contribution in [1.82, 2.24) is 9.55 Å². The molecule has 0 radical (unpaired) electrons. The second kappa shape index (κ2) is 5.07. The zero-order chi connectivity index (χ0) is 12.3. The topological polar surface area (TPSA) is 41.6 Å². The number of aryl methyl sites for hydroxylation is 1. The minimum absolute atomic E-state index is 0.419. The molecule has 0 spiro atoms. The van der Waals surface area contributed by atoms with Gasteiger partial charge in [0.15, 0.2) is 5.16 Å². The lowest BCUT2D eigenvalue weighted by Gasteiger charge is -2.11. The van der Waals surface area contributed by atoms with Crippen LogP contribution in [0.4, 0.5) is 0 Å². The number of rotatable bonds is 3. The van der Waals surface area contributed by atoms with Crippen molar-refractivity contribution >= 4 is 11.8 Å². The summed E-state index contributed by atoms with van der Waals surface area (Å²) >= 11 is 1.45. The number of thioether (sulfide) groups is 1. The fourth-order valence-corrected chi connectivity index (χ4v) is 2.30. The Hall–Kier alpha value is -1.73. The van der Waals surface area contributed by atoms with Gasteiger partial charge in [-0.1, -0.05) is 23.9 Å². The van der Waals surface area contributed by atoms with Gasteiger partial charge in [-0.25, -0.2) is 4.98 Å². The summed E-state index contributed by atoms with van der Waals surface area (Å²) in [4.78, 5) is 4.28. The smallest absolute Gasteiger partial charge is 0.173 e. The van der Waals surface area contributed by atoms with Crippen LogP contribution >= 0.6 is 11.8 Å². The molecular formula is C13H13N3S. The summed E-state index contributed by atoms with van der Waals surface area (Å²) < 4.78 is 2.03. The highest BCUT2D eigenvalue weighted by atomic mass is 32.2. The molecule has 86 valence electrons. The lowest BCUT2D eigenvalue weighted by atomic mass is 10.1. The van der Waals surface area contributed by atoms with E-state index in [-0.39, 0.29) is 0 Å². The van der Waals surface area contributed by atoms with Crippen LogP contribution in [0.15, 0.2) is 35.7 Å². The SMILES string of the molecule is Cc1cccc(-n2ccnc2SCC#N)c1C. The van der Waals surface area contributed by atoms with Gasteiger partial charge in [-0.2, -0.15) is 5.26 Å². The van der Waals surface area contributed by atoms with Crippen molar-refractivity contribution in [3.8, 4) is 11.8 Å². The van der Waals surface area contributed by atoms with Crippen molar-refractivity contribution in [3.63, 3.8) is 0 Å². The maximum atomic E-state index is 8.62. The summed E-state index contributed by atoms with van der Waals surface area (Å²) in [5.41, 5.74) is 3.62. The molecule has 0 unspecified atom stereocenters. The Morgan fingerprint density at radius 2 is 2.24 bits per heavy atom. The van der Waals surface area contributed by atoms with Crippen LogP contribution in [0, 0.1) is 25.2 Å². The van der Waals surface area contributed by atoms with Gasteiger partial charge in [0.25, 0.3) is 0 Å². The Bertz CT molecular complexity index is 566. The zero-order valence-corrected chi connectivity index (χ0v) is 10.7. The van der Waals surface area contributed by atoms with Crippen LogP contribution in [0.5, 0.6) is 0 Å². The molecule has 0 bridgehead atoms. The molecule has 0 saturated heterocycles. The summed E-state index contributed by atoms with van der Waals surface area (Å²) in [5, 5.41) is 9.48. The maximum Gasteiger partial charge on any atom is 0.173 e. The van der Waals surface area contributed by atoms with Gasteiger partial charge in [0, 0.05) is 12.4 Å². The Labute approximate surface area is 105 Å². The predicted octanol–water partition coefficient (Wildman–Crippen LogP) is 3.10. The zero-order valence-electron chi connectivity index (χ0n) is 9.84. The van der Waals surface area contributed by atoms with Gasteiger partial charge in [-0.15, -0.1) is 0 Å². The number of imidazole rings is 1. The molecule has 0 aliphatic carbocycles. The summed E-state index contributed by atoms with van der Waals surface area (Å²) in [7, 11) is 0. The van der Waals surface area contributed by atoms with E-state index < -0.39 is 0 Å². The molecular weight excluding hydrogens is 230 g/mol. The lowest BCUT2D eigenvalue weighted by molar-refractivity contribution is 0.887. The van der Waals surface area contributed by atoms with Gasteiger partial charge in [0.05, 0.1) is 17.5 Å². The van der Waals surface area contributed by atoms with E-state index in [1.54, 1.807) is 6.20 Å². The minimum Gasteiger partial charge on any atom is -0.295 e. The molecule has 0 fully saturated rings. The second-order valence-corrected chi connectivity index (χ2v) is 4.69. The molecule has 1 heterocycles.